The van der Waals surface area contributed by atoms with Gasteiger partial charge in [-0.3, -0.25) is 10.1 Å². The molecule has 1 amide bonds. The molecule has 0 aliphatic carbocycles. The van der Waals surface area contributed by atoms with Crippen LogP contribution < -0.4 is 15.4 Å². The number of hydrogen-bond acceptors (Lipinski definition) is 4. The van der Waals surface area contributed by atoms with Gasteiger partial charge in [0.25, 0.3) is 5.91 Å². The molecule has 3 rings (SSSR count). The maximum Gasteiger partial charge on any atom is 0.269 e. The van der Waals surface area contributed by atoms with E-state index in [1.54, 1.807) is 0 Å². The fourth-order valence-corrected chi connectivity index (χ4v) is 4.07. The van der Waals surface area contributed by atoms with Crippen LogP contribution in [0.25, 0.3) is 10.1 Å². The molecule has 2 N–H and O–H groups in total. The average Bonchev–Trinajstić information content (AvgIpc) is 2.99. The number of benzene rings is 2. The summed E-state index contributed by atoms with van der Waals surface area (Å²) in [5.41, 5.74) is 0.739. The smallest absolute Gasteiger partial charge is 0.269 e. The van der Waals surface area contributed by atoms with Gasteiger partial charge < -0.3 is 10.1 Å². The van der Waals surface area contributed by atoms with Crippen molar-refractivity contribution < 1.29 is 9.53 Å². The van der Waals surface area contributed by atoms with E-state index in [-0.39, 0.29) is 17.1 Å². The number of thiophene rings is 1. The molecular weight excluding hydrogens is 400 g/mol. The van der Waals surface area contributed by atoms with E-state index in [4.69, 9.17) is 28.6 Å². The van der Waals surface area contributed by atoms with Gasteiger partial charge in [0.05, 0.1) is 11.1 Å². The van der Waals surface area contributed by atoms with Crippen molar-refractivity contribution in [2.24, 2.45) is 0 Å². The fourth-order valence-electron chi connectivity index (χ4n) is 2.45. The van der Waals surface area contributed by atoms with Crippen molar-refractivity contribution in [3.63, 3.8) is 0 Å². The summed E-state index contributed by atoms with van der Waals surface area (Å²) < 4.78 is 6.76. The first-order chi connectivity index (χ1) is 13.0. The Balaban J connectivity index is 1.67. The Morgan fingerprint density at radius 3 is 2.78 bits per heavy atom. The summed E-state index contributed by atoms with van der Waals surface area (Å²) in [6.07, 6.45) is 1.05. The van der Waals surface area contributed by atoms with Crippen molar-refractivity contribution >= 4 is 61.9 Å². The maximum atomic E-state index is 12.5. The summed E-state index contributed by atoms with van der Waals surface area (Å²) in [7, 11) is 0. The largest absolute Gasteiger partial charge is 0.491 e. The number of amides is 1. The summed E-state index contributed by atoms with van der Waals surface area (Å²) >= 11 is 13.0. The monoisotopic (exact) mass is 418 g/mol. The molecule has 140 valence electrons. The zero-order chi connectivity index (χ0) is 19.4. The average molecular weight is 419 g/mol. The fraction of sp³-hybridized carbons (Fsp3) is 0.200. The molecule has 0 bridgehead atoms. The van der Waals surface area contributed by atoms with E-state index in [2.05, 4.69) is 17.6 Å². The number of thiocarbonyl (C=S) groups is 1. The Morgan fingerprint density at radius 2 is 2.04 bits per heavy atom. The van der Waals surface area contributed by atoms with E-state index in [0.717, 1.165) is 27.9 Å². The molecule has 0 saturated carbocycles. The highest BCUT2D eigenvalue weighted by Crippen LogP contribution is 2.35. The lowest BCUT2D eigenvalue weighted by Gasteiger charge is -2.14. The number of hydrogen-bond donors (Lipinski definition) is 2. The number of anilines is 1. The predicted octanol–water partition coefficient (Wildman–Crippen LogP) is 5.86. The lowest BCUT2D eigenvalue weighted by Crippen LogP contribution is -2.33. The van der Waals surface area contributed by atoms with Crippen LogP contribution in [-0.2, 0) is 0 Å². The van der Waals surface area contributed by atoms with Crippen LogP contribution in [0.15, 0.2) is 48.5 Å². The molecule has 4 nitrogen and oxygen atoms in total. The second-order valence-corrected chi connectivity index (χ2v) is 7.85. The molecule has 0 radical (unpaired) electrons. The van der Waals surface area contributed by atoms with Crippen LogP contribution in [-0.4, -0.2) is 17.1 Å². The number of fused-ring (bicyclic) bond motifs is 1. The maximum absolute atomic E-state index is 12.5. The third kappa shape index (κ3) is 4.77. The van der Waals surface area contributed by atoms with Crippen molar-refractivity contribution in [2.45, 2.75) is 26.4 Å². The summed E-state index contributed by atoms with van der Waals surface area (Å²) in [5.74, 6) is 0.418. The number of ether oxygens (including phenoxy) is 1. The number of rotatable bonds is 5. The predicted molar refractivity (Wildman–Crippen MR) is 117 cm³/mol. The zero-order valence-electron chi connectivity index (χ0n) is 14.9. The second kappa shape index (κ2) is 8.69. The first-order valence-electron chi connectivity index (χ1n) is 8.54. The minimum absolute atomic E-state index is 0.127. The molecule has 1 aromatic heterocycles. The molecule has 0 aliphatic rings. The highest BCUT2D eigenvalue weighted by molar-refractivity contribution is 7.80. The van der Waals surface area contributed by atoms with Crippen LogP contribution in [0.5, 0.6) is 5.75 Å². The van der Waals surface area contributed by atoms with Gasteiger partial charge in [0.2, 0.25) is 0 Å². The van der Waals surface area contributed by atoms with Crippen molar-refractivity contribution in [3.8, 4) is 5.75 Å². The minimum Gasteiger partial charge on any atom is -0.491 e. The molecular formula is C20H19ClN2O2S2. The molecule has 0 spiro atoms. The van der Waals surface area contributed by atoms with Gasteiger partial charge in [-0.1, -0.05) is 42.8 Å². The van der Waals surface area contributed by atoms with Crippen molar-refractivity contribution in [3.05, 3.63) is 58.4 Å². The highest BCUT2D eigenvalue weighted by atomic mass is 35.5. The van der Waals surface area contributed by atoms with Gasteiger partial charge in [0, 0.05) is 21.8 Å². The van der Waals surface area contributed by atoms with E-state index < -0.39 is 0 Å². The molecule has 0 saturated heterocycles. The van der Waals surface area contributed by atoms with Crippen molar-refractivity contribution in [1.29, 1.82) is 0 Å². The van der Waals surface area contributed by atoms with Crippen molar-refractivity contribution in [1.82, 2.24) is 5.32 Å². The molecule has 1 heterocycles. The van der Waals surface area contributed by atoms with Gasteiger partial charge in [-0.15, -0.1) is 11.3 Å². The number of carbonyl (C=O) groups excluding carboxylic acids is 1. The molecule has 7 heteroatoms. The van der Waals surface area contributed by atoms with Gasteiger partial charge in [0.15, 0.2) is 5.11 Å². The summed E-state index contributed by atoms with van der Waals surface area (Å²) in [6.45, 7) is 4.08. The molecule has 1 unspecified atom stereocenters. The van der Waals surface area contributed by atoms with Gasteiger partial charge in [-0.05, 0) is 43.8 Å². The van der Waals surface area contributed by atoms with Gasteiger partial charge in [0.1, 0.15) is 10.6 Å². The van der Waals surface area contributed by atoms with Crippen LogP contribution in [0.3, 0.4) is 0 Å². The standard InChI is InChI=1S/C20H19ClN2O2S2/c1-3-12(2)25-14-8-6-7-13(11-14)22-20(26)23-19(24)18-17(21)15-9-4-5-10-16(15)27-18/h4-12H,3H2,1-2H3,(H2,22,23,24,26). The van der Waals surface area contributed by atoms with Gasteiger partial charge in [-0.25, -0.2) is 0 Å². The second-order valence-electron chi connectivity index (χ2n) is 6.01. The lowest BCUT2D eigenvalue weighted by molar-refractivity contribution is 0.0982. The van der Waals surface area contributed by atoms with E-state index >= 15 is 0 Å². The highest BCUT2D eigenvalue weighted by Gasteiger charge is 2.17. The number of carbonyl (C=O) groups is 1. The third-order valence-corrected chi connectivity index (χ3v) is 5.85. The number of halogens is 1. The summed E-state index contributed by atoms with van der Waals surface area (Å²) in [5, 5.41) is 7.20. The zero-order valence-corrected chi connectivity index (χ0v) is 17.3. The van der Waals surface area contributed by atoms with Crippen LogP contribution in [0, 0.1) is 0 Å². The van der Waals surface area contributed by atoms with E-state index in [1.165, 1.54) is 11.3 Å². The molecule has 0 fully saturated rings. The van der Waals surface area contributed by atoms with Gasteiger partial charge >= 0.3 is 0 Å². The minimum atomic E-state index is -0.328. The van der Waals surface area contributed by atoms with Crippen LogP contribution >= 0.6 is 35.2 Å². The van der Waals surface area contributed by atoms with Crippen LogP contribution in [0.1, 0.15) is 29.9 Å². The molecule has 2 aromatic carbocycles. The van der Waals surface area contributed by atoms with Crippen molar-refractivity contribution in [2.75, 3.05) is 5.32 Å². The molecule has 0 aliphatic heterocycles. The Kier molecular flexibility index (Phi) is 6.31. The Hall–Kier alpha value is -2.15. The Bertz CT molecular complexity index is 987. The molecule has 3 aromatic rings. The van der Waals surface area contributed by atoms with E-state index in [1.807, 2.05) is 55.5 Å². The van der Waals surface area contributed by atoms with E-state index in [9.17, 15) is 4.79 Å². The Labute approximate surface area is 172 Å². The first-order valence-corrected chi connectivity index (χ1v) is 10.1. The SMILES string of the molecule is CCC(C)Oc1cccc(NC(=S)NC(=O)c2sc3ccccc3c2Cl)c1. The van der Waals surface area contributed by atoms with E-state index in [0.29, 0.717) is 9.90 Å². The topological polar surface area (TPSA) is 50.4 Å². The van der Waals surface area contributed by atoms with Crippen LogP contribution in [0.2, 0.25) is 5.02 Å². The third-order valence-electron chi connectivity index (χ3n) is 3.97. The first kappa shape index (κ1) is 19.6. The lowest BCUT2D eigenvalue weighted by atomic mass is 10.2. The van der Waals surface area contributed by atoms with Gasteiger partial charge in [-0.2, -0.15) is 0 Å². The normalized spacial score (nSPS) is 11.8. The summed E-state index contributed by atoms with van der Waals surface area (Å²) in [6, 6.07) is 15.1. The number of nitrogens with one attached hydrogen (secondary N) is 2. The summed E-state index contributed by atoms with van der Waals surface area (Å²) in [4.78, 5) is 13.0. The molecule has 1 atom stereocenters. The quantitative estimate of drug-likeness (QED) is 0.509. The van der Waals surface area contributed by atoms with Crippen LogP contribution in [0.4, 0.5) is 5.69 Å². The molecule has 27 heavy (non-hydrogen) atoms. The Morgan fingerprint density at radius 1 is 1.26 bits per heavy atom.